The molecule has 0 aliphatic rings. The standard InChI is InChI=1S/C13H16N2O4/c1-9-14-11-8-10(13(17)18)2-3-12(11)15(9)4-6-19-7-5-16/h2-3,8,16H,4-7H2,1H3,(H,17,18). The lowest BCUT2D eigenvalue weighted by atomic mass is 10.2. The Hall–Kier alpha value is -1.92. The summed E-state index contributed by atoms with van der Waals surface area (Å²) in [6.45, 7) is 3.29. The molecule has 0 aliphatic heterocycles. The summed E-state index contributed by atoms with van der Waals surface area (Å²) in [5.41, 5.74) is 1.78. The Morgan fingerprint density at radius 3 is 2.89 bits per heavy atom. The summed E-state index contributed by atoms with van der Waals surface area (Å²) in [4.78, 5) is 15.3. The monoisotopic (exact) mass is 264 g/mol. The molecular weight excluding hydrogens is 248 g/mol. The van der Waals surface area contributed by atoms with Gasteiger partial charge in [-0.1, -0.05) is 0 Å². The van der Waals surface area contributed by atoms with E-state index in [1.807, 2.05) is 11.5 Å². The minimum atomic E-state index is -0.958. The van der Waals surface area contributed by atoms with Crippen molar-refractivity contribution >= 4 is 17.0 Å². The van der Waals surface area contributed by atoms with Gasteiger partial charge in [-0.05, 0) is 25.1 Å². The van der Waals surface area contributed by atoms with Crippen LogP contribution in [0.4, 0.5) is 0 Å². The van der Waals surface area contributed by atoms with Crippen molar-refractivity contribution in [2.75, 3.05) is 19.8 Å². The number of aliphatic hydroxyl groups is 1. The van der Waals surface area contributed by atoms with E-state index in [0.29, 0.717) is 25.3 Å². The minimum Gasteiger partial charge on any atom is -0.478 e. The van der Waals surface area contributed by atoms with Crippen molar-refractivity contribution in [3.8, 4) is 0 Å². The van der Waals surface area contributed by atoms with E-state index in [4.69, 9.17) is 14.9 Å². The predicted molar refractivity (Wildman–Crippen MR) is 69.3 cm³/mol. The average molecular weight is 264 g/mol. The third kappa shape index (κ3) is 2.91. The number of aliphatic hydroxyl groups excluding tert-OH is 1. The van der Waals surface area contributed by atoms with E-state index in [-0.39, 0.29) is 12.2 Å². The largest absolute Gasteiger partial charge is 0.478 e. The first kappa shape index (κ1) is 13.5. The SMILES string of the molecule is Cc1nc2cc(C(=O)O)ccc2n1CCOCCO. The number of benzene rings is 1. The van der Waals surface area contributed by atoms with Crippen LogP contribution < -0.4 is 0 Å². The van der Waals surface area contributed by atoms with Gasteiger partial charge in [0.05, 0.1) is 36.4 Å². The summed E-state index contributed by atoms with van der Waals surface area (Å²) in [5, 5.41) is 17.6. The zero-order chi connectivity index (χ0) is 13.8. The summed E-state index contributed by atoms with van der Waals surface area (Å²) < 4.78 is 7.20. The van der Waals surface area contributed by atoms with Crippen LogP contribution in [0.3, 0.4) is 0 Å². The molecule has 0 radical (unpaired) electrons. The molecule has 1 aromatic carbocycles. The summed E-state index contributed by atoms with van der Waals surface area (Å²) in [6, 6.07) is 4.89. The lowest BCUT2D eigenvalue weighted by Gasteiger charge is -2.07. The number of nitrogens with zero attached hydrogens (tertiary/aromatic N) is 2. The number of fused-ring (bicyclic) bond motifs is 1. The number of carboxylic acids is 1. The number of aryl methyl sites for hydroxylation is 1. The molecule has 0 saturated carbocycles. The lowest BCUT2D eigenvalue weighted by molar-refractivity contribution is 0.0697. The molecule has 102 valence electrons. The third-order valence-corrected chi connectivity index (χ3v) is 2.88. The van der Waals surface area contributed by atoms with Crippen molar-refractivity contribution in [3.05, 3.63) is 29.6 Å². The lowest BCUT2D eigenvalue weighted by Crippen LogP contribution is -2.09. The van der Waals surface area contributed by atoms with E-state index in [9.17, 15) is 4.79 Å². The van der Waals surface area contributed by atoms with E-state index in [1.165, 1.54) is 0 Å². The molecule has 6 nitrogen and oxygen atoms in total. The first-order valence-electron chi connectivity index (χ1n) is 6.02. The second-order valence-electron chi connectivity index (χ2n) is 4.16. The van der Waals surface area contributed by atoms with Crippen LogP contribution in [-0.4, -0.2) is 45.6 Å². The Bertz CT molecular complexity index is 592. The number of hydrogen-bond donors (Lipinski definition) is 2. The fourth-order valence-electron chi connectivity index (χ4n) is 1.99. The van der Waals surface area contributed by atoms with Gasteiger partial charge >= 0.3 is 5.97 Å². The van der Waals surface area contributed by atoms with Crippen molar-refractivity contribution in [2.24, 2.45) is 0 Å². The van der Waals surface area contributed by atoms with E-state index in [1.54, 1.807) is 18.2 Å². The van der Waals surface area contributed by atoms with Gasteiger partial charge in [-0.2, -0.15) is 0 Å². The first-order valence-corrected chi connectivity index (χ1v) is 6.02. The van der Waals surface area contributed by atoms with Gasteiger partial charge in [0.1, 0.15) is 5.82 Å². The van der Waals surface area contributed by atoms with E-state index in [0.717, 1.165) is 11.3 Å². The normalized spacial score (nSPS) is 11.1. The van der Waals surface area contributed by atoms with Crippen molar-refractivity contribution in [2.45, 2.75) is 13.5 Å². The number of ether oxygens (including phenoxy) is 1. The molecule has 0 saturated heterocycles. The Morgan fingerprint density at radius 1 is 1.42 bits per heavy atom. The van der Waals surface area contributed by atoms with Gasteiger partial charge in [0.2, 0.25) is 0 Å². The van der Waals surface area contributed by atoms with E-state index < -0.39 is 5.97 Å². The topological polar surface area (TPSA) is 84.6 Å². The van der Waals surface area contributed by atoms with Gasteiger partial charge in [0, 0.05) is 6.54 Å². The molecule has 2 aromatic rings. The highest BCUT2D eigenvalue weighted by molar-refractivity contribution is 5.92. The van der Waals surface area contributed by atoms with Crippen LogP contribution in [0.2, 0.25) is 0 Å². The molecule has 2 N–H and O–H groups in total. The molecule has 0 unspecified atom stereocenters. The average Bonchev–Trinajstić information content (AvgIpc) is 2.69. The molecule has 0 fully saturated rings. The smallest absolute Gasteiger partial charge is 0.335 e. The van der Waals surface area contributed by atoms with Gasteiger partial charge < -0.3 is 19.5 Å². The van der Waals surface area contributed by atoms with Crippen molar-refractivity contribution in [3.63, 3.8) is 0 Å². The summed E-state index contributed by atoms with van der Waals surface area (Å²) in [6.07, 6.45) is 0. The van der Waals surface area contributed by atoms with Crippen LogP contribution in [0.15, 0.2) is 18.2 Å². The second kappa shape index (κ2) is 5.81. The number of rotatable bonds is 6. The Balaban J connectivity index is 2.24. The van der Waals surface area contributed by atoms with Crippen LogP contribution in [0.1, 0.15) is 16.2 Å². The fourth-order valence-corrected chi connectivity index (χ4v) is 1.99. The van der Waals surface area contributed by atoms with Crippen molar-refractivity contribution in [1.82, 2.24) is 9.55 Å². The highest BCUT2D eigenvalue weighted by Gasteiger charge is 2.10. The minimum absolute atomic E-state index is 0.00559. The Labute approximate surface area is 110 Å². The van der Waals surface area contributed by atoms with Gasteiger partial charge in [0.15, 0.2) is 0 Å². The number of carbonyl (C=O) groups is 1. The zero-order valence-corrected chi connectivity index (χ0v) is 10.7. The van der Waals surface area contributed by atoms with Crippen LogP contribution in [0.5, 0.6) is 0 Å². The number of carboxylic acid groups (broad SMARTS) is 1. The highest BCUT2D eigenvalue weighted by atomic mass is 16.5. The molecule has 0 aliphatic carbocycles. The molecule has 0 bridgehead atoms. The fraction of sp³-hybridized carbons (Fsp3) is 0.385. The van der Waals surface area contributed by atoms with Gasteiger partial charge in [-0.15, -0.1) is 0 Å². The van der Waals surface area contributed by atoms with Crippen molar-refractivity contribution < 1.29 is 19.7 Å². The molecule has 2 rings (SSSR count). The Kier molecular flexibility index (Phi) is 4.13. The Morgan fingerprint density at radius 2 is 2.21 bits per heavy atom. The molecule has 1 aromatic heterocycles. The summed E-state index contributed by atoms with van der Waals surface area (Å²) >= 11 is 0. The van der Waals surface area contributed by atoms with Crippen LogP contribution >= 0.6 is 0 Å². The van der Waals surface area contributed by atoms with E-state index in [2.05, 4.69) is 4.98 Å². The maximum atomic E-state index is 10.9. The summed E-state index contributed by atoms with van der Waals surface area (Å²) in [7, 11) is 0. The molecular formula is C13H16N2O4. The highest BCUT2D eigenvalue weighted by Crippen LogP contribution is 2.17. The summed E-state index contributed by atoms with van der Waals surface area (Å²) in [5.74, 6) is -0.148. The zero-order valence-electron chi connectivity index (χ0n) is 10.7. The van der Waals surface area contributed by atoms with E-state index >= 15 is 0 Å². The molecule has 0 spiro atoms. The van der Waals surface area contributed by atoms with Crippen molar-refractivity contribution in [1.29, 1.82) is 0 Å². The third-order valence-electron chi connectivity index (χ3n) is 2.88. The number of imidazole rings is 1. The predicted octanol–water partition coefficient (Wildman–Crippen LogP) is 1.05. The molecule has 0 atom stereocenters. The molecule has 19 heavy (non-hydrogen) atoms. The second-order valence-corrected chi connectivity index (χ2v) is 4.16. The van der Waals surface area contributed by atoms with Gasteiger partial charge in [-0.25, -0.2) is 9.78 Å². The maximum absolute atomic E-state index is 10.9. The number of aromatic nitrogens is 2. The molecule has 0 amide bonds. The molecule has 6 heteroatoms. The van der Waals surface area contributed by atoms with Crippen LogP contribution in [0, 0.1) is 6.92 Å². The molecule has 1 heterocycles. The van der Waals surface area contributed by atoms with Crippen LogP contribution in [0.25, 0.3) is 11.0 Å². The van der Waals surface area contributed by atoms with Gasteiger partial charge in [0.25, 0.3) is 0 Å². The van der Waals surface area contributed by atoms with Gasteiger partial charge in [-0.3, -0.25) is 0 Å². The quantitative estimate of drug-likeness (QED) is 0.762. The van der Waals surface area contributed by atoms with Crippen LogP contribution in [-0.2, 0) is 11.3 Å². The maximum Gasteiger partial charge on any atom is 0.335 e. The number of hydrogen-bond acceptors (Lipinski definition) is 4. The first-order chi connectivity index (χ1) is 9.13. The number of aromatic carboxylic acids is 1.